The Labute approximate surface area is 171 Å². The Hall–Kier alpha value is -3.64. The van der Waals surface area contributed by atoms with Gasteiger partial charge in [0.25, 0.3) is 11.8 Å². The Balaban J connectivity index is 1.86. The SMILES string of the molecule is Cn1c2cc(CCCN)ccc2c2c3c(c4c5ccccc5[nH]c4c21)C(=O)NC3=O. The molecular formula is C24H20N4O2. The van der Waals surface area contributed by atoms with E-state index in [1.54, 1.807) is 0 Å². The Morgan fingerprint density at radius 3 is 2.53 bits per heavy atom. The number of nitrogens with two attached hydrogens (primary N) is 1. The number of carbonyl (C=O) groups excluding carboxylic acids is 2. The average Bonchev–Trinajstić information content (AvgIpc) is 3.36. The van der Waals surface area contributed by atoms with Gasteiger partial charge >= 0.3 is 0 Å². The molecule has 0 fully saturated rings. The average molecular weight is 396 g/mol. The van der Waals surface area contributed by atoms with Crippen LogP contribution in [-0.4, -0.2) is 27.9 Å². The lowest BCUT2D eigenvalue weighted by Gasteiger charge is -2.04. The van der Waals surface area contributed by atoms with Gasteiger partial charge in [-0.05, 0) is 37.1 Å². The third kappa shape index (κ3) is 2.06. The monoisotopic (exact) mass is 396 g/mol. The van der Waals surface area contributed by atoms with E-state index in [0.29, 0.717) is 17.7 Å². The number of para-hydroxylation sites is 1. The number of nitrogens with zero attached hydrogens (tertiary/aromatic N) is 1. The Morgan fingerprint density at radius 2 is 1.73 bits per heavy atom. The summed E-state index contributed by atoms with van der Waals surface area (Å²) < 4.78 is 2.13. The van der Waals surface area contributed by atoms with Crippen molar-refractivity contribution in [3.05, 3.63) is 59.2 Å². The minimum absolute atomic E-state index is 0.327. The number of fused-ring (bicyclic) bond motifs is 10. The number of aryl methyl sites for hydroxylation is 2. The summed E-state index contributed by atoms with van der Waals surface area (Å²) >= 11 is 0. The second-order valence-electron chi connectivity index (χ2n) is 7.98. The molecule has 5 aromatic rings. The van der Waals surface area contributed by atoms with Crippen molar-refractivity contribution in [2.75, 3.05) is 6.54 Å². The third-order valence-electron chi connectivity index (χ3n) is 6.31. The third-order valence-corrected chi connectivity index (χ3v) is 6.31. The summed E-state index contributed by atoms with van der Waals surface area (Å²) in [5.41, 5.74) is 11.7. The molecule has 0 bridgehead atoms. The quantitative estimate of drug-likeness (QED) is 0.406. The Kier molecular flexibility index (Phi) is 3.41. The highest BCUT2D eigenvalue weighted by Gasteiger charge is 2.35. The summed E-state index contributed by atoms with van der Waals surface area (Å²) in [5.74, 6) is -0.657. The van der Waals surface area contributed by atoms with E-state index in [9.17, 15) is 9.59 Å². The van der Waals surface area contributed by atoms with Gasteiger partial charge in [0.1, 0.15) is 0 Å². The molecule has 0 radical (unpaired) electrons. The summed E-state index contributed by atoms with van der Waals surface area (Å²) in [5, 5.41) is 6.09. The van der Waals surface area contributed by atoms with Crippen molar-refractivity contribution in [2.45, 2.75) is 12.8 Å². The number of aromatic amines is 1. The Bertz CT molecular complexity index is 1550. The second-order valence-corrected chi connectivity index (χ2v) is 7.98. The summed E-state index contributed by atoms with van der Waals surface area (Å²) in [6, 6.07) is 14.2. The molecule has 0 saturated carbocycles. The van der Waals surface area contributed by atoms with Crippen LogP contribution < -0.4 is 11.1 Å². The molecule has 0 atom stereocenters. The molecular weight excluding hydrogens is 376 g/mol. The van der Waals surface area contributed by atoms with E-state index < -0.39 is 0 Å². The van der Waals surface area contributed by atoms with E-state index in [1.807, 2.05) is 31.3 Å². The first-order valence-corrected chi connectivity index (χ1v) is 10.1. The van der Waals surface area contributed by atoms with Crippen molar-refractivity contribution in [2.24, 2.45) is 12.8 Å². The van der Waals surface area contributed by atoms with Crippen molar-refractivity contribution in [1.82, 2.24) is 14.9 Å². The van der Waals surface area contributed by atoms with Crippen LogP contribution in [0.3, 0.4) is 0 Å². The molecule has 0 aliphatic carbocycles. The van der Waals surface area contributed by atoms with Crippen LogP contribution in [0.4, 0.5) is 0 Å². The van der Waals surface area contributed by atoms with Gasteiger partial charge in [0.05, 0.1) is 22.2 Å². The molecule has 6 nitrogen and oxygen atoms in total. The lowest BCUT2D eigenvalue weighted by molar-refractivity contribution is 0.0880. The molecule has 0 unspecified atom stereocenters. The van der Waals surface area contributed by atoms with E-state index in [1.165, 1.54) is 5.56 Å². The number of rotatable bonds is 3. The largest absolute Gasteiger partial charge is 0.353 e. The minimum atomic E-state index is -0.330. The maximum Gasteiger partial charge on any atom is 0.259 e. The van der Waals surface area contributed by atoms with Crippen molar-refractivity contribution in [1.29, 1.82) is 0 Å². The zero-order chi connectivity index (χ0) is 20.6. The predicted octanol–water partition coefficient (Wildman–Crippen LogP) is 3.74. The van der Waals surface area contributed by atoms with Crippen LogP contribution in [0.5, 0.6) is 0 Å². The lowest BCUT2D eigenvalue weighted by Crippen LogP contribution is -2.20. The molecule has 4 N–H and O–H groups in total. The number of hydrogen-bond donors (Lipinski definition) is 3. The molecule has 148 valence electrons. The van der Waals surface area contributed by atoms with Crippen LogP contribution >= 0.6 is 0 Å². The van der Waals surface area contributed by atoms with Gasteiger partial charge in [0, 0.05) is 39.6 Å². The van der Waals surface area contributed by atoms with Gasteiger partial charge in [-0.15, -0.1) is 0 Å². The summed E-state index contributed by atoms with van der Waals surface area (Å²) in [7, 11) is 2.02. The number of aromatic nitrogens is 2. The van der Waals surface area contributed by atoms with Crippen LogP contribution in [-0.2, 0) is 13.5 Å². The lowest BCUT2D eigenvalue weighted by atomic mass is 9.96. The van der Waals surface area contributed by atoms with Crippen molar-refractivity contribution in [3.8, 4) is 0 Å². The van der Waals surface area contributed by atoms with E-state index in [2.05, 4.69) is 33.1 Å². The van der Waals surface area contributed by atoms with Gasteiger partial charge in [0.15, 0.2) is 0 Å². The summed E-state index contributed by atoms with van der Waals surface area (Å²) in [4.78, 5) is 29.2. The highest BCUT2D eigenvalue weighted by molar-refractivity contribution is 6.39. The number of hydrogen-bond acceptors (Lipinski definition) is 3. The highest BCUT2D eigenvalue weighted by atomic mass is 16.2. The molecule has 1 aliphatic rings. The molecule has 6 heteroatoms. The fourth-order valence-corrected chi connectivity index (χ4v) is 5.00. The molecule has 2 aromatic heterocycles. The minimum Gasteiger partial charge on any atom is -0.353 e. The van der Waals surface area contributed by atoms with Gasteiger partial charge < -0.3 is 15.3 Å². The summed E-state index contributed by atoms with van der Waals surface area (Å²) in [6.07, 6.45) is 1.83. The maximum absolute atomic E-state index is 12.9. The number of imide groups is 1. The molecule has 3 aromatic carbocycles. The molecule has 0 spiro atoms. The van der Waals surface area contributed by atoms with Gasteiger partial charge in [-0.2, -0.15) is 0 Å². The van der Waals surface area contributed by atoms with Gasteiger partial charge in [-0.3, -0.25) is 14.9 Å². The first-order valence-electron chi connectivity index (χ1n) is 10.1. The van der Waals surface area contributed by atoms with Gasteiger partial charge in [-0.25, -0.2) is 0 Å². The predicted molar refractivity (Wildman–Crippen MR) is 119 cm³/mol. The second kappa shape index (κ2) is 5.93. The normalized spacial score (nSPS) is 13.8. The molecule has 0 saturated heterocycles. The van der Waals surface area contributed by atoms with E-state index in [-0.39, 0.29) is 11.8 Å². The molecule has 3 heterocycles. The number of H-pyrrole nitrogens is 1. The highest BCUT2D eigenvalue weighted by Crippen LogP contribution is 2.43. The molecule has 30 heavy (non-hydrogen) atoms. The van der Waals surface area contributed by atoms with Crippen molar-refractivity contribution in [3.63, 3.8) is 0 Å². The van der Waals surface area contributed by atoms with Crippen molar-refractivity contribution < 1.29 is 9.59 Å². The first kappa shape index (κ1) is 17.2. The molecule has 1 aliphatic heterocycles. The zero-order valence-corrected chi connectivity index (χ0v) is 16.5. The van der Waals surface area contributed by atoms with Gasteiger partial charge in [0.2, 0.25) is 0 Å². The topological polar surface area (TPSA) is 92.9 Å². The van der Waals surface area contributed by atoms with E-state index >= 15 is 0 Å². The van der Waals surface area contributed by atoms with Crippen molar-refractivity contribution >= 4 is 55.4 Å². The molecule has 6 rings (SSSR count). The smallest absolute Gasteiger partial charge is 0.259 e. The summed E-state index contributed by atoms with van der Waals surface area (Å²) in [6.45, 7) is 0.651. The zero-order valence-electron chi connectivity index (χ0n) is 16.5. The number of carbonyl (C=O) groups is 2. The maximum atomic E-state index is 12.9. The van der Waals surface area contributed by atoms with Crippen LogP contribution in [0.25, 0.3) is 43.6 Å². The number of nitrogens with one attached hydrogen (secondary N) is 2. The Morgan fingerprint density at radius 1 is 0.967 bits per heavy atom. The van der Waals surface area contributed by atoms with Crippen LogP contribution in [0.2, 0.25) is 0 Å². The van der Waals surface area contributed by atoms with Crippen LogP contribution in [0.1, 0.15) is 32.7 Å². The van der Waals surface area contributed by atoms with E-state index in [4.69, 9.17) is 5.73 Å². The number of amides is 2. The first-order chi connectivity index (χ1) is 14.6. The standard InChI is InChI=1S/C24H20N4O2/c1-28-16-11-12(5-4-10-25)8-9-14(16)18-20-19(23(29)27-24(20)30)17-13-6-2-3-7-15(13)26-21(17)22(18)28/h2-3,6-9,11,26H,4-5,10,25H2,1H3,(H,27,29,30). The van der Waals surface area contributed by atoms with E-state index in [0.717, 1.165) is 56.5 Å². The number of benzene rings is 3. The fourth-order valence-electron chi connectivity index (χ4n) is 5.00. The van der Waals surface area contributed by atoms with Crippen LogP contribution in [0.15, 0.2) is 42.5 Å². The van der Waals surface area contributed by atoms with Gasteiger partial charge in [-0.1, -0.05) is 30.3 Å². The fraction of sp³-hybridized carbons (Fsp3) is 0.167. The molecule has 2 amide bonds. The van der Waals surface area contributed by atoms with Crippen LogP contribution in [0, 0.1) is 0 Å².